The van der Waals surface area contributed by atoms with Gasteiger partial charge in [0.1, 0.15) is 6.61 Å². The van der Waals surface area contributed by atoms with Gasteiger partial charge in [0.2, 0.25) is 0 Å². The van der Waals surface area contributed by atoms with Crippen LogP contribution in [0.5, 0.6) is 0 Å². The zero-order chi connectivity index (χ0) is 9.84. The van der Waals surface area contributed by atoms with Crippen molar-refractivity contribution >= 4 is 5.97 Å². The van der Waals surface area contributed by atoms with Crippen LogP contribution in [-0.2, 0) is 9.53 Å². The third kappa shape index (κ3) is 2.06. The summed E-state index contributed by atoms with van der Waals surface area (Å²) in [5, 5.41) is 8.72. The Kier molecular flexibility index (Phi) is 3.03. The summed E-state index contributed by atoms with van der Waals surface area (Å²) in [4.78, 5) is 11.1. The molecule has 0 radical (unpaired) electrons. The minimum Gasteiger partial charge on any atom is -0.457 e. The predicted molar refractivity (Wildman–Crippen MR) is 49.0 cm³/mol. The zero-order valence-electron chi connectivity index (χ0n) is 7.54. The Bertz CT molecular complexity index is 297. The molecule has 1 heterocycles. The second kappa shape index (κ2) is 4.05. The van der Waals surface area contributed by atoms with Crippen molar-refractivity contribution in [3.8, 4) is 0 Å². The molecule has 0 unspecified atom stereocenters. The minimum atomic E-state index is -0.345. The minimum absolute atomic E-state index is 0.145. The van der Waals surface area contributed by atoms with Crippen molar-refractivity contribution in [1.82, 2.24) is 0 Å². The Morgan fingerprint density at radius 1 is 1.77 bits per heavy atom. The van der Waals surface area contributed by atoms with Gasteiger partial charge in [-0.15, -0.1) is 0 Å². The molecule has 1 aliphatic rings. The first-order valence-electron chi connectivity index (χ1n) is 4.02. The Hall–Kier alpha value is -1.35. The topological polar surface area (TPSA) is 46.5 Å². The van der Waals surface area contributed by atoms with Crippen LogP contribution in [0.3, 0.4) is 0 Å². The normalized spacial score (nSPS) is 22.5. The van der Waals surface area contributed by atoms with Crippen LogP contribution in [0, 0.1) is 0 Å². The van der Waals surface area contributed by atoms with Crippen LogP contribution < -0.4 is 0 Å². The van der Waals surface area contributed by atoms with Gasteiger partial charge in [-0.05, 0) is 24.1 Å². The second-order valence-corrected chi connectivity index (χ2v) is 2.76. The summed E-state index contributed by atoms with van der Waals surface area (Å²) in [5.74, 6) is -0.345. The largest absolute Gasteiger partial charge is 0.457 e. The fourth-order valence-corrected chi connectivity index (χ4v) is 1.07. The molecule has 0 aromatic heterocycles. The number of cyclic esters (lactones) is 1. The summed E-state index contributed by atoms with van der Waals surface area (Å²) in [7, 11) is 0. The summed E-state index contributed by atoms with van der Waals surface area (Å²) in [6.07, 6.45) is 3.38. The van der Waals surface area contributed by atoms with Gasteiger partial charge in [-0.25, -0.2) is 4.79 Å². The maximum absolute atomic E-state index is 11.1. The van der Waals surface area contributed by atoms with Crippen molar-refractivity contribution in [2.24, 2.45) is 0 Å². The molecule has 1 N–H and O–H groups in total. The van der Waals surface area contributed by atoms with Crippen molar-refractivity contribution in [3.63, 3.8) is 0 Å². The molecule has 3 nitrogen and oxygen atoms in total. The molecular formula is C10H12O3. The lowest BCUT2D eigenvalue weighted by molar-refractivity contribution is -0.134. The number of esters is 1. The van der Waals surface area contributed by atoms with Crippen LogP contribution in [0.25, 0.3) is 0 Å². The molecule has 1 saturated heterocycles. The molecule has 0 amide bonds. The summed E-state index contributed by atoms with van der Waals surface area (Å²) >= 11 is 0. The van der Waals surface area contributed by atoms with E-state index in [0.29, 0.717) is 17.8 Å². The van der Waals surface area contributed by atoms with Gasteiger partial charge in [-0.1, -0.05) is 12.7 Å². The molecule has 1 rings (SSSR count). The van der Waals surface area contributed by atoms with E-state index in [4.69, 9.17) is 9.84 Å². The van der Waals surface area contributed by atoms with Gasteiger partial charge in [-0.3, -0.25) is 0 Å². The summed E-state index contributed by atoms with van der Waals surface area (Å²) in [5.41, 5.74) is 1.86. The molecule has 70 valence electrons. The number of rotatable bonds is 2. The third-order valence-corrected chi connectivity index (χ3v) is 1.82. The average molecular weight is 180 g/mol. The van der Waals surface area contributed by atoms with Gasteiger partial charge in [0.25, 0.3) is 0 Å². The van der Waals surface area contributed by atoms with Gasteiger partial charge < -0.3 is 9.84 Å². The molecule has 0 aliphatic carbocycles. The molecule has 0 aromatic carbocycles. The van der Waals surface area contributed by atoms with Crippen molar-refractivity contribution in [3.05, 3.63) is 35.5 Å². The highest BCUT2D eigenvalue weighted by Gasteiger charge is 2.23. The first-order chi connectivity index (χ1) is 6.19. The maximum atomic E-state index is 11.1. The van der Waals surface area contributed by atoms with Gasteiger partial charge in [0.05, 0.1) is 12.2 Å². The zero-order valence-corrected chi connectivity index (χ0v) is 7.54. The van der Waals surface area contributed by atoms with E-state index in [1.807, 2.05) is 13.0 Å². The lowest BCUT2D eigenvalue weighted by atomic mass is 10.1. The average Bonchev–Trinajstić information content (AvgIpc) is 2.48. The van der Waals surface area contributed by atoms with Crippen LogP contribution in [0.1, 0.15) is 6.92 Å². The summed E-state index contributed by atoms with van der Waals surface area (Å²) in [6, 6.07) is 0. The fourth-order valence-electron chi connectivity index (χ4n) is 1.07. The standard InChI is InChI=1S/C10H12O3/c1-3-8-6-13-10(12)9(8)4-7(2)5-11/h3-4,11H,2,5-6H2,1H3/b8-3-,9-4+. The van der Waals surface area contributed by atoms with Gasteiger partial charge in [-0.2, -0.15) is 0 Å². The number of aliphatic hydroxyl groups is 1. The van der Waals surface area contributed by atoms with E-state index in [1.165, 1.54) is 0 Å². The first-order valence-corrected chi connectivity index (χ1v) is 4.02. The number of hydrogen-bond donors (Lipinski definition) is 1. The number of ether oxygens (including phenoxy) is 1. The molecule has 0 aromatic rings. The van der Waals surface area contributed by atoms with Crippen molar-refractivity contribution in [2.45, 2.75) is 6.92 Å². The molecule has 0 atom stereocenters. The molecule has 0 bridgehead atoms. The van der Waals surface area contributed by atoms with E-state index in [9.17, 15) is 4.79 Å². The molecule has 1 aliphatic heterocycles. The SMILES string of the molecule is C=C(/C=C1/C(=O)OC/C1=C/C)CO. The lowest BCUT2D eigenvalue weighted by Gasteiger charge is -1.95. The molecule has 0 spiro atoms. The Balaban J connectivity index is 2.93. The highest BCUT2D eigenvalue weighted by atomic mass is 16.5. The van der Waals surface area contributed by atoms with Crippen molar-refractivity contribution in [1.29, 1.82) is 0 Å². The van der Waals surface area contributed by atoms with Gasteiger partial charge in [0.15, 0.2) is 0 Å². The van der Waals surface area contributed by atoms with E-state index in [-0.39, 0.29) is 12.6 Å². The predicted octanol–water partition coefficient (Wildman–Crippen LogP) is 0.964. The lowest BCUT2D eigenvalue weighted by Crippen LogP contribution is -1.96. The number of allylic oxidation sites excluding steroid dienone is 1. The molecule has 3 heteroatoms. The second-order valence-electron chi connectivity index (χ2n) is 2.76. The summed E-state index contributed by atoms with van der Waals surface area (Å²) < 4.78 is 4.82. The molecule has 1 fully saturated rings. The number of aliphatic hydroxyl groups excluding tert-OH is 1. The Morgan fingerprint density at radius 3 is 3.00 bits per heavy atom. The summed E-state index contributed by atoms with van der Waals surface area (Å²) in [6.45, 7) is 5.59. The quantitative estimate of drug-likeness (QED) is 0.508. The van der Waals surface area contributed by atoms with Crippen LogP contribution in [0.4, 0.5) is 0 Å². The van der Waals surface area contributed by atoms with Crippen LogP contribution in [-0.4, -0.2) is 24.3 Å². The number of carbonyl (C=O) groups excluding carboxylic acids is 1. The third-order valence-electron chi connectivity index (χ3n) is 1.82. The molecule has 13 heavy (non-hydrogen) atoms. The van der Waals surface area contributed by atoms with Crippen LogP contribution >= 0.6 is 0 Å². The van der Waals surface area contributed by atoms with Crippen LogP contribution in [0.15, 0.2) is 35.5 Å². The number of carbonyl (C=O) groups is 1. The first kappa shape index (κ1) is 9.74. The maximum Gasteiger partial charge on any atom is 0.338 e. The van der Waals surface area contributed by atoms with E-state index in [2.05, 4.69) is 6.58 Å². The van der Waals surface area contributed by atoms with Crippen molar-refractivity contribution < 1.29 is 14.6 Å². The molecular weight excluding hydrogens is 168 g/mol. The fraction of sp³-hybridized carbons (Fsp3) is 0.300. The van der Waals surface area contributed by atoms with E-state index in [1.54, 1.807) is 6.08 Å². The smallest absolute Gasteiger partial charge is 0.338 e. The Labute approximate surface area is 77.0 Å². The van der Waals surface area contributed by atoms with Crippen LogP contribution in [0.2, 0.25) is 0 Å². The van der Waals surface area contributed by atoms with E-state index >= 15 is 0 Å². The van der Waals surface area contributed by atoms with Gasteiger partial charge >= 0.3 is 5.97 Å². The number of hydrogen-bond acceptors (Lipinski definition) is 3. The van der Waals surface area contributed by atoms with Gasteiger partial charge in [0, 0.05) is 0 Å². The van der Waals surface area contributed by atoms with E-state index in [0.717, 1.165) is 5.57 Å². The van der Waals surface area contributed by atoms with Crippen molar-refractivity contribution in [2.75, 3.05) is 13.2 Å². The van der Waals surface area contributed by atoms with E-state index < -0.39 is 0 Å². The monoisotopic (exact) mass is 180 g/mol. The Morgan fingerprint density at radius 2 is 2.46 bits per heavy atom. The molecule has 0 saturated carbocycles. The highest BCUT2D eigenvalue weighted by Crippen LogP contribution is 2.21. The highest BCUT2D eigenvalue weighted by molar-refractivity contribution is 5.96.